The number of hydrogen-bond acceptors (Lipinski definition) is 2. The van der Waals surface area contributed by atoms with E-state index in [1.807, 2.05) is 0 Å². The minimum Gasteiger partial charge on any atom is -0.435 e. The average molecular weight is 195 g/mol. The van der Waals surface area contributed by atoms with Gasteiger partial charge in [0, 0.05) is 12.1 Å². The molecule has 0 heterocycles. The van der Waals surface area contributed by atoms with Crippen LogP contribution in [0.5, 0.6) is 5.75 Å². The highest BCUT2D eigenvalue weighted by Crippen LogP contribution is 2.23. The summed E-state index contributed by atoms with van der Waals surface area (Å²) in [6.45, 7) is -3.12. The number of hydrogen-bond donors (Lipinski definition) is 1. The maximum atomic E-state index is 12.6. The largest absolute Gasteiger partial charge is 0.435 e. The maximum absolute atomic E-state index is 12.6. The Hall–Kier alpha value is -1.46. The molecular formula is C7H5F4NO. The van der Waals surface area contributed by atoms with Gasteiger partial charge < -0.3 is 10.5 Å². The second kappa shape index (κ2) is 3.51. The van der Waals surface area contributed by atoms with Gasteiger partial charge >= 0.3 is 6.61 Å². The molecule has 0 aliphatic rings. The molecule has 13 heavy (non-hydrogen) atoms. The van der Waals surface area contributed by atoms with Gasteiger partial charge in [0.2, 0.25) is 0 Å². The summed E-state index contributed by atoms with van der Waals surface area (Å²) >= 11 is 0. The quantitative estimate of drug-likeness (QED) is 0.579. The van der Waals surface area contributed by atoms with Crippen LogP contribution in [0.2, 0.25) is 0 Å². The summed E-state index contributed by atoms with van der Waals surface area (Å²) in [5.74, 6) is -2.86. The summed E-state index contributed by atoms with van der Waals surface area (Å²) in [5, 5.41) is 0. The molecule has 0 aromatic heterocycles. The molecule has 0 fully saturated rings. The smallest absolute Gasteiger partial charge is 0.387 e. The lowest BCUT2D eigenvalue weighted by atomic mass is 10.3. The SMILES string of the molecule is Nc1c(F)cc(OC(F)F)cc1F. The van der Waals surface area contributed by atoms with Gasteiger partial charge in [0.1, 0.15) is 11.4 Å². The third kappa shape index (κ3) is 2.24. The van der Waals surface area contributed by atoms with Crippen molar-refractivity contribution in [2.75, 3.05) is 5.73 Å². The molecule has 0 amide bonds. The van der Waals surface area contributed by atoms with E-state index in [0.717, 1.165) is 0 Å². The zero-order valence-corrected chi connectivity index (χ0v) is 6.23. The van der Waals surface area contributed by atoms with Crippen LogP contribution in [0.1, 0.15) is 0 Å². The fraction of sp³-hybridized carbons (Fsp3) is 0.143. The number of halogens is 4. The number of anilines is 1. The van der Waals surface area contributed by atoms with Crippen molar-refractivity contribution in [1.82, 2.24) is 0 Å². The van der Waals surface area contributed by atoms with Crippen LogP contribution < -0.4 is 10.5 Å². The lowest BCUT2D eigenvalue weighted by Gasteiger charge is -2.05. The van der Waals surface area contributed by atoms with Crippen molar-refractivity contribution in [2.24, 2.45) is 0 Å². The van der Waals surface area contributed by atoms with Crippen LogP contribution >= 0.6 is 0 Å². The first-order chi connectivity index (χ1) is 6.00. The van der Waals surface area contributed by atoms with E-state index in [2.05, 4.69) is 4.74 Å². The Balaban J connectivity index is 2.99. The maximum Gasteiger partial charge on any atom is 0.387 e. The molecule has 1 aromatic carbocycles. The van der Waals surface area contributed by atoms with Gasteiger partial charge in [-0.2, -0.15) is 8.78 Å². The van der Waals surface area contributed by atoms with E-state index in [-0.39, 0.29) is 0 Å². The molecule has 1 rings (SSSR count). The Kier molecular flexibility index (Phi) is 2.60. The van der Waals surface area contributed by atoms with Crippen LogP contribution in [0.25, 0.3) is 0 Å². The monoisotopic (exact) mass is 195 g/mol. The Morgan fingerprint density at radius 2 is 1.62 bits per heavy atom. The third-order valence-corrected chi connectivity index (χ3v) is 1.28. The highest BCUT2D eigenvalue weighted by Gasteiger charge is 2.11. The van der Waals surface area contributed by atoms with Crippen molar-refractivity contribution < 1.29 is 22.3 Å². The number of rotatable bonds is 2. The summed E-state index contributed by atoms with van der Waals surface area (Å²) < 4.78 is 52.1. The average Bonchev–Trinajstić information content (AvgIpc) is 1.98. The predicted octanol–water partition coefficient (Wildman–Crippen LogP) is 2.15. The molecule has 72 valence electrons. The lowest BCUT2D eigenvalue weighted by Crippen LogP contribution is -2.04. The number of ether oxygens (including phenoxy) is 1. The van der Waals surface area contributed by atoms with E-state index < -0.39 is 29.7 Å². The first kappa shape index (κ1) is 9.63. The Morgan fingerprint density at radius 3 is 2.00 bits per heavy atom. The zero-order valence-electron chi connectivity index (χ0n) is 6.23. The van der Waals surface area contributed by atoms with E-state index >= 15 is 0 Å². The minimum absolute atomic E-state index is 0.588. The highest BCUT2D eigenvalue weighted by atomic mass is 19.3. The van der Waals surface area contributed by atoms with Crippen LogP contribution in [0.4, 0.5) is 23.2 Å². The second-order valence-corrected chi connectivity index (χ2v) is 2.18. The van der Waals surface area contributed by atoms with E-state index in [9.17, 15) is 17.6 Å². The molecule has 0 atom stereocenters. The fourth-order valence-electron chi connectivity index (χ4n) is 0.732. The minimum atomic E-state index is -3.12. The molecule has 0 saturated carbocycles. The normalized spacial score (nSPS) is 10.5. The summed E-state index contributed by atoms with van der Waals surface area (Å²) in [6, 6.07) is 1.18. The first-order valence-corrected chi connectivity index (χ1v) is 3.20. The first-order valence-electron chi connectivity index (χ1n) is 3.20. The highest BCUT2D eigenvalue weighted by molar-refractivity contribution is 5.45. The number of nitrogens with two attached hydrogens (primary N) is 1. The Morgan fingerprint density at radius 1 is 1.15 bits per heavy atom. The van der Waals surface area contributed by atoms with Gasteiger partial charge in [-0.05, 0) is 0 Å². The topological polar surface area (TPSA) is 35.2 Å². The van der Waals surface area contributed by atoms with Crippen LogP contribution in [0.15, 0.2) is 12.1 Å². The van der Waals surface area contributed by atoms with Gasteiger partial charge in [-0.25, -0.2) is 8.78 Å². The van der Waals surface area contributed by atoms with Crippen molar-refractivity contribution in [3.8, 4) is 5.75 Å². The van der Waals surface area contributed by atoms with E-state index in [4.69, 9.17) is 5.73 Å². The molecule has 0 aliphatic carbocycles. The Labute approximate surface area is 70.9 Å². The molecule has 0 aliphatic heterocycles. The van der Waals surface area contributed by atoms with Crippen LogP contribution in [-0.2, 0) is 0 Å². The summed E-state index contributed by atoms with van der Waals surface area (Å²) in [4.78, 5) is 0. The van der Waals surface area contributed by atoms with Crippen molar-refractivity contribution in [1.29, 1.82) is 0 Å². The summed E-state index contributed by atoms with van der Waals surface area (Å²) in [5.41, 5.74) is 4.17. The van der Waals surface area contributed by atoms with Gasteiger partial charge in [0.05, 0.1) is 0 Å². The number of benzene rings is 1. The standard InChI is InChI=1S/C7H5F4NO/c8-4-1-3(13-7(10)11)2-5(9)6(4)12/h1-2,7H,12H2. The van der Waals surface area contributed by atoms with E-state index in [1.165, 1.54) is 0 Å². The van der Waals surface area contributed by atoms with Crippen molar-refractivity contribution in [3.05, 3.63) is 23.8 Å². The fourth-order valence-corrected chi connectivity index (χ4v) is 0.732. The van der Waals surface area contributed by atoms with Crippen molar-refractivity contribution in [2.45, 2.75) is 6.61 Å². The molecular weight excluding hydrogens is 190 g/mol. The zero-order chi connectivity index (χ0) is 10.0. The number of alkyl halides is 2. The summed E-state index contributed by atoms with van der Waals surface area (Å²) in [6.07, 6.45) is 0. The molecule has 0 saturated heterocycles. The molecule has 0 unspecified atom stereocenters. The van der Waals surface area contributed by atoms with Gasteiger partial charge in [0.15, 0.2) is 11.6 Å². The van der Waals surface area contributed by atoms with Crippen LogP contribution in [-0.4, -0.2) is 6.61 Å². The molecule has 1 aromatic rings. The molecule has 2 nitrogen and oxygen atoms in total. The van der Waals surface area contributed by atoms with Gasteiger partial charge in [-0.1, -0.05) is 0 Å². The summed E-state index contributed by atoms with van der Waals surface area (Å²) in [7, 11) is 0. The van der Waals surface area contributed by atoms with Gasteiger partial charge in [0.25, 0.3) is 0 Å². The predicted molar refractivity (Wildman–Crippen MR) is 37.4 cm³/mol. The van der Waals surface area contributed by atoms with Crippen molar-refractivity contribution in [3.63, 3.8) is 0 Å². The molecule has 0 spiro atoms. The van der Waals surface area contributed by atoms with Gasteiger partial charge in [-0.15, -0.1) is 0 Å². The van der Waals surface area contributed by atoms with Crippen LogP contribution in [0.3, 0.4) is 0 Å². The van der Waals surface area contributed by atoms with E-state index in [0.29, 0.717) is 12.1 Å². The van der Waals surface area contributed by atoms with Gasteiger partial charge in [-0.3, -0.25) is 0 Å². The van der Waals surface area contributed by atoms with Crippen molar-refractivity contribution >= 4 is 5.69 Å². The molecule has 2 N–H and O–H groups in total. The Bertz CT molecular complexity index is 292. The van der Waals surface area contributed by atoms with E-state index in [1.54, 1.807) is 0 Å². The third-order valence-electron chi connectivity index (χ3n) is 1.28. The molecule has 0 radical (unpaired) electrons. The molecule has 6 heteroatoms. The lowest BCUT2D eigenvalue weighted by molar-refractivity contribution is -0.0501. The molecule has 0 bridgehead atoms. The number of nitrogen functional groups attached to an aromatic ring is 1. The second-order valence-electron chi connectivity index (χ2n) is 2.18. The van der Waals surface area contributed by atoms with Crippen LogP contribution in [0, 0.1) is 11.6 Å².